The Hall–Kier alpha value is -0.710. The lowest BCUT2D eigenvalue weighted by Gasteiger charge is -2.34. The second kappa shape index (κ2) is 30.6. The van der Waals surface area contributed by atoms with Gasteiger partial charge in [0.25, 0.3) is 0 Å². The summed E-state index contributed by atoms with van der Waals surface area (Å²) in [6.07, 6.45) is 39.5. The van der Waals surface area contributed by atoms with Crippen LogP contribution in [0.3, 0.4) is 0 Å². The summed E-state index contributed by atoms with van der Waals surface area (Å²) in [4.78, 5) is 24.6. The quantitative estimate of drug-likeness (QED) is 0.0658. The molecular weight excluding hydrogens is 577 g/mol. The molecule has 4 nitrogen and oxygen atoms in total. The summed E-state index contributed by atoms with van der Waals surface area (Å²) in [5, 5.41) is 20.2. The molecule has 0 aliphatic carbocycles. The third-order valence-electron chi connectivity index (χ3n) is 9.87. The Labute approximate surface area is 285 Å². The summed E-state index contributed by atoms with van der Waals surface area (Å²) in [7, 11) is 0. The predicted molar refractivity (Wildman–Crippen MR) is 199 cm³/mol. The largest absolute Gasteiger partial charge is 0.480 e. The highest BCUT2D eigenvalue weighted by atomic mass is 32.2. The molecule has 0 heterocycles. The van der Waals surface area contributed by atoms with Gasteiger partial charge in [-0.15, -0.1) is 11.8 Å². The number of carboxylic acids is 2. The van der Waals surface area contributed by atoms with Gasteiger partial charge in [0.2, 0.25) is 0 Å². The third-order valence-corrected chi connectivity index (χ3v) is 11.5. The van der Waals surface area contributed by atoms with E-state index in [-0.39, 0.29) is 0 Å². The van der Waals surface area contributed by atoms with Crippen molar-refractivity contribution in [2.75, 3.05) is 0 Å². The lowest BCUT2D eigenvalue weighted by molar-refractivity contribution is -0.139. The number of hydrogen-bond acceptors (Lipinski definition) is 3. The number of aliphatic carboxylic acids is 2. The molecule has 0 spiro atoms. The molecule has 0 aromatic rings. The van der Waals surface area contributed by atoms with E-state index in [2.05, 4.69) is 13.8 Å². The molecule has 0 aromatic carbocycles. The predicted octanol–water partition coefficient (Wildman–Crippen LogP) is 13.9. The zero-order valence-corrected chi connectivity index (χ0v) is 31.6. The second-order valence-corrected chi connectivity index (χ2v) is 16.6. The van der Waals surface area contributed by atoms with Gasteiger partial charge in [-0.05, 0) is 26.7 Å². The number of thioether (sulfide) groups is 1. The smallest absolute Gasteiger partial charge is 0.319 e. The van der Waals surface area contributed by atoms with Gasteiger partial charge >= 0.3 is 11.9 Å². The van der Waals surface area contributed by atoms with E-state index in [1.165, 1.54) is 166 Å². The molecule has 45 heavy (non-hydrogen) atoms. The average molecular weight is 655 g/mol. The van der Waals surface area contributed by atoms with Crippen molar-refractivity contribution in [3.8, 4) is 0 Å². The number of unbranched alkanes of at least 4 members (excludes halogenated alkanes) is 28. The fourth-order valence-electron chi connectivity index (χ4n) is 6.57. The lowest BCUT2D eigenvalue weighted by Crippen LogP contribution is -2.42. The van der Waals surface area contributed by atoms with Crippen LogP contribution in [-0.4, -0.2) is 31.6 Å². The van der Waals surface area contributed by atoms with Gasteiger partial charge in [-0.3, -0.25) is 9.59 Å². The Morgan fingerprint density at radius 1 is 0.378 bits per heavy atom. The molecule has 5 heteroatoms. The van der Waals surface area contributed by atoms with E-state index in [1.54, 1.807) is 13.8 Å². The Morgan fingerprint density at radius 3 is 0.733 bits per heavy atom. The van der Waals surface area contributed by atoms with Crippen molar-refractivity contribution in [1.29, 1.82) is 0 Å². The third kappa shape index (κ3) is 26.0. The average Bonchev–Trinajstić information content (AvgIpc) is 3.00. The Kier molecular flexibility index (Phi) is 30.1. The van der Waals surface area contributed by atoms with Crippen molar-refractivity contribution in [3.63, 3.8) is 0 Å². The Bertz CT molecular complexity index is 627. The van der Waals surface area contributed by atoms with E-state index >= 15 is 0 Å². The molecule has 0 saturated heterocycles. The molecule has 2 N–H and O–H groups in total. The molecule has 0 aromatic heterocycles. The minimum absolute atomic E-state index is 0.535. The standard InChI is InChI=1S/C40H78O4S/c1-5-7-9-11-13-15-17-19-21-23-25-27-29-31-33-35-39(3,37(41)42)45-40(4,38(43)44)36-34-32-30-28-26-24-22-20-18-16-14-12-10-8-6-2/h5-36H2,1-4H3,(H,41,42)(H,43,44). The van der Waals surface area contributed by atoms with Gasteiger partial charge < -0.3 is 10.2 Å². The van der Waals surface area contributed by atoms with Gasteiger partial charge in [0.1, 0.15) is 9.49 Å². The summed E-state index contributed by atoms with van der Waals surface area (Å²) in [6, 6.07) is 0. The minimum atomic E-state index is -1.06. The van der Waals surface area contributed by atoms with Crippen molar-refractivity contribution >= 4 is 23.7 Å². The van der Waals surface area contributed by atoms with E-state index in [0.717, 1.165) is 38.5 Å². The second-order valence-electron chi connectivity index (χ2n) is 14.6. The molecule has 0 amide bonds. The molecule has 2 unspecified atom stereocenters. The molecule has 2 atom stereocenters. The molecular formula is C40H78O4S. The summed E-state index contributed by atoms with van der Waals surface area (Å²) in [6.45, 7) is 8.03. The van der Waals surface area contributed by atoms with E-state index in [0.29, 0.717) is 12.8 Å². The van der Waals surface area contributed by atoms with Crippen molar-refractivity contribution in [3.05, 3.63) is 0 Å². The van der Waals surface area contributed by atoms with Gasteiger partial charge in [-0.2, -0.15) is 0 Å². The molecule has 0 radical (unpaired) electrons. The molecule has 0 rings (SSSR count). The van der Waals surface area contributed by atoms with Crippen molar-refractivity contribution < 1.29 is 19.8 Å². The molecule has 0 aliphatic heterocycles. The molecule has 0 saturated carbocycles. The van der Waals surface area contributed by atoms with Crippen LogP contribution < -0.4 is 0 Å². The van der Waals surface area contributed by atoms with Gasteiger partial charge in [0, 0.05) is 0 Å². The zero-order valence-electron chi connectivity index (χ0n) is 30.7. The first-order chi connectivity index (χ1) is 21.7. The number of carbonyl (C=O) groups is 2. The number of rotatable bonds is 36. The summed E-state index contributed by atoms with van der Waals surface area (Å²) < 4.78 is -2.11. The highest BCUT2D eigenvalue weighted by molar-refractivity contribution is 8.03. The maximum Gasteiger partial charge on any atom is 0.319 e. The van der Waals surface area contributed by atoms with Gasteiger partial charge in [-0.25, -0.2) is 0 Å². The first kappa shape index (κ1) is 44.3. The van der Waals surface area contributed by atoms with Crippen LogP contribution in [0, 0.1) is 0 Å². The van der Waals surface area contributed by atoms with E-state index in [1.807, 2.05) is 0 Å². The fraction of sp³-hybridized carbons (Fsp3) is 0.950. The van der Waals surface area contributed by atoms with Gasteiger partial charge in [0.05, 0.1) is 0 Å². The molecule has 0 fully saturated rings. The highest BCUT2D eigenvalue weighted by Gasteiger charge is 2.45. The molecule has 0 bridgehead atoms. The summed E-state index contributed by atoms with van der Waals surface area (Å²) >= 11 is 1.18. The topological polar surface area (TPSA) is 74.6 Å². The SMILES string of the molecule is CCCCCCCCCCCCCCCCCC(C)(SC(C)(CCCCCCCCCCCCCCCCC)C(=O)O)C(=O)O. The van der Waals surface area contributed by atoms with Crippen LogP contribution >= 0.6 is 11.8 Å². The van der Waals surface area contributed by atoms with E-state index in [4.69, 9.17) is 0 Å². The summed E-state index contributed by atoms with van der Waals surface area (Å²) in [5.74, 6) is -1.75. The minimum Gasteiger partial charge on any atom is -0.480 e. The molecule has 268 valence electrons. The van der Waals surface area contributed by atoms with Crippen molar-refractivity contribution in [2.45, 2.75) is 243 Å². The fourth-order valence-corrected chi connectivity index (χ4v) is 8.23. The first-order valence-corrected chi connectivity index (χ1v) is 20.7. The van der Waals surface area contributed by atoms with E-state index in [9.17, 15) is 19.8 Å². The number of hydrogen-bond donors (Lipinski definition) is 2. The monoisotopic (exact) mass is 655 g/mol. The molecule has 0 aliphatic rings. The van der Waals surface area contributed by atoms with Crippen molar-refractivity contribution in [1.82, 2.24) is 0 Å². The van der Waals surface area contributed by atoms with Gasteiger partial charge in [0.15, 0.2) is 0 Å². The van der Waals surface area contributed by atoms with E-state index < -0.39 is 21.4 Å². The highest BCUT2D eigenvalue weighted by Crippen LogP contribution is 2.43. The lowest BCUT2D eigenvalue weighted by atomic mass is 9.99. The number of carboxylic acid groups (broad SMARTS) is 2. The van der Waals surface area contributed by atoms with Gasteiger partial charge in [-0.1, -0.05) is 206 Å². The van der Waals surface area contributed by atoms with Crippen LogP contribution in [0.5, 0.6) is 0 Å². The normalized spacial score (nSPS) is 14.3. The van der Waals surface area contributed by atoms with Crippen LogP contribution in [0.15, 0.2) is 0 Å². The van der Waals surface area contributed by atoms with Crippen LogP contribution in [0.1, 0.15) is 233 Å². The van der Waals surface area contributed by atoms with Crippen molar-refractivity contribution in [2.24, 2.45) is 0 Å². The summed E-state index contributed by atoms with van der Waals surface area (Å²) in [5.41, 5.74) is 0. The first-order valence-electron chi connectivity index (χ1n) is 19.9. The maximum atomic E-state index is 12.3. The zero-order chi connectivity index (χ0) is 33.5. The van der Waals surface area contributed by atoms with Crippen LogP contribution in [0.25, 0.3) is 0 Å². The Balaban J connectivity index is 4.05. The Morgan fingerprint density at radius 2 is 0.556 bits per heavy atom. The van der Waals surface area contributed by atoms with Crippen LogP contribution in [-0.2, 0) is 9.59 Å². The van der Waals surface area contributed by atoms with Crippen LogP contribution in [0.2, 0.25) is 0 Å². The van der Waals surface area contributed by atoms with Crippen LogP contribution in [0.4, 0.5) is 0 Å². The maximum absolute atomic E-state index is 12.3.